The van der Waals surface area contributed by atoms with Crippen LogP contribution in [0.25, 0.3) is 5.65 Å². The van der Waals surface area contributed by atoms with Gasteiger partial charge in [-0.1, -0.05) is 36.4 Å². The number of rotatable bonds is 8. The van der Waals surface area contributed by atoms with E-state index in [9.17, 15) is 0 Å². The Bertz CT molecular complexity index is 1100. The van der Waals surface area contributed by atoms with E-state index in [0.29, 0.717) is 6.54 Å². The van der Waals surface area contributed by atoms with Crippen molar-refractivity contribution in [1.29, 1.82) is 0 Å². The number of hydrogen-bond donors (Lipinski definition) is 2. The van der Waals surface area contributed by atoms with E-state index in [0.717, 1.165) is 49.3 Å². The van der Waals surface area contributed by atoms with Gasteiger partial charge in [-0.05, 0) is 24.6 Å². The molecule has 154 valence electrons. The standard InChI is InChI=1S/C22H26N8/c1-2-23-22(26-16-21-28-27-20-10-6-7-14-30(20)21)25-12-11-19-24-13-15-29(19)17-18-8-4-3-5-9-18/h3-10,13-15H,2,11-12,16-17H2,1H3,(H2,23,25,26). The molecule has 0 amide bonds. The van der Waals surface area contributed by atoms with E-state index in [1.807, 2.05) is 47.3 Å². The zero-order valence-corrected chi connectivity index (χ0v) is 17.1. The normalized spacial score (nSPS) is 11.7. The Morgan fingerprint density at radius 2 is 1.83 bits per heavy atom. The van der Waals surface area contributed by atoms with Gasteiger partial charge in [0, 0.05) is 44.6 Å². The highest BCUT2D eigenvalue weighted by molar-refractivity contribution is 5.79. The van der Waals surface area contributed by atoms with Gasteiger partial charge in [0.1, 0.15) is 12.4 Å². The van der Waals surface area contributed by atoms with Gasteiger partial charge in [0.05, 0.1) is 0 Å². The molecule has 0 saturated heterocycles. The first kappa shape index (κ1) is 19.6. The van der Waals surface area contributed by atoms with Gasteiger partial charge < -0.3 is 15.2 Å². The van der Waals surface area contributed by atoms with Crippen LogP contribution in [0.15, 0.2) is 72.1 Å². The predicted molar refractivity (Wildman–Crippen MR) is 117 cm³/mol. The molecular weight excluding hydrogens is 376 g/mol. The molecule has 30 heavy (non-hydrogen) atoms. The van der Waals surface area contributed by atoms with Gasteiger partial charge in [0.2, 0.25) is 0 Å². The van der Waals surface area contributed by atoms with Crippen LogP contribution in [0.5, 0.6) is 0 Å². The highest BCUT2D eigenvalue weighted by atomic mass is 15.3. The van der Waals surface area contributed by atoms with E-state index in [1.165, 1.54) is 5.56 Å². The fourth-order valence-electron chi connectivity index (χ4n) is 3.28. The Morgan fingerprint density at radius 3 is 2.70 bits per heavy atom. The number of guanidine groups is 1. The number of aromatic nitrogens is 5. The number of pyridine rings is 1. The number of aliphatic imine (C=N–C) groups is 1. The number of hydrogen-bond acceptors (Lipinski definition) is 4. The number of imidazole rings is 1. The molecule has 0 fully saturated rings. The molecule has 8 nitrogen and oxygen atoms in total. The lowest BCUT2D eigenvalue weighted by Gasteiger charge is -2.12. The summed E-state index contributed by atoms with van der Waals surface area (Å²) in [5, 5.41) is 15.1. The first-order chi connectivity index (χ1) is 14.8. The van der Waals surface area contributed by atoms with Crippen molar-refractivity contribution in [2.24, 2.45) is 4.99 Å². The molecule has 2 N–H and O–H groups in total. The third-order valence-corrected chi connectivity index (χ3v) is 4.75. The minimum absolute atomic E-state index is 0.448. The van der Waals surface area contributed by atoms with Gasteiger partial charge in [0.25, 0.3) is 0 Å². The summed E-state index contributed by atoms with van der Waals surface area (Å²) in [4.78, 5) is 9.18. The maximum atomic E-state index is 4.66. The fraction of sp³-hybridized carbons (Fsp3) is 0.273. The molecule has 0 spiro atoms. The van der Waals surface area contributed by atoms with Crippen molar-refractivity contribution in [3.05, 3.63) is 84.3 Å². The minimum atomic E-state index is 0.448. The summed E-state index contributed by atoms with van der Waals surface area (Å²) in [5.41, 5.74) is 2.09. The third-order valence-electron chi connectivity index (χ3n) is 4.75. The Hall–Kier alpha value is -3.68. The van der Waals surface area contributed by atoms with Gasteiger partial charge in [-0.15, -0.1) is 10.2 Å². The second-order valence-electron chi connectivity index (χ2n) is 6.87. The number of nitrogens with one attached hydrogen (secondary N) is 2. The number of nitrogens with zero attached hydrogens (tertiary/aromatic N) is 6. The van der Waals surface area contributed by atoms with Crippen molar-refractivity contribution in [3.8, 4) is 0 Å². The summed E-state index contributed by atoms with van der Waals surface area (Å²) < 4.78 is 4.14. The molecule has 0 saturated carbocycles. The van der Waals surface area contributed by atoms with Crippen LogP contribution in [0.1, 0.15) is 24.1 Å². The Balaban J connectivity index is 1.35. The summed E-state index contributed by atoms with van der Waals surface area (Å²) in [5.74, 6) is 2.61. The summed E-state index contributed by atoms with van der Waals surface area (Å²) in [6, 6.07) is 16.3. The second kappa shape index (κ2) is 9.69. The molecule has 3 aromatic heterocycles. The van der Waals surface area contributed by atoms with Crippen molar-refractivity contribution in [2.45, 2.75) is 26.4 Å². The van der Waals surface area contributed by atoms with Crippen LogP contribution in [0.3, 0.4) is 0 Å². The molecular formula is C22H26N8. The van der Waals surface area contributed by atoms with Crippen LogP contribution in [-0.2, 0) is 19.5 Å². The van der Waals surface area contributed by atoms with Gasteiger partial charge in [-0.25, -0.2) is 9.98 Å². The van der Waals surface area contributed by atoms with E-state index >= 15 is 0 Å². The topological polar surface area (TPSA) is 84.4 Å². The van der Waals surface area contributed by atoms with Gasteiger partial charge in [-0.2, -0.15) is 0 Å². The molecule has 0 aliphatic heterocycles. The lowest BCUT2D eigenvalue weighted by Crippen LogP contribution is -2.38. The number of benzene rings is 1. The van der Waals surface area contributed by atoms with Gasteiger partial charge in [-0.3, -0.25) is 4.40 Å². The van der Waals surface area contributed by atoms with E-state index in [1.54, 1.807) is 0 Å². The maximum Gasteiger partial charge on any atom is 0.191 e. The zero-order valence-electron chi connectivity index (χ0n) is 17.1. The molecule has 0 atom stereocenters. The van der Waals surface area contributed by atoms with Crippen molar-refractivity contribution >= 4 is 11.6 Å². The number of fused-ring (bicyclic) bond motifs is 1. The van der Waals surface area contributed by atoms with Crippen LogP contribution < -0.4 is 10.6 Å². The van der Waals surface area contributed by atoms with Crippen LogP contribution in [0.2, 0.25) is 0 Å². The predicted octanol–water partition coefficient (Wildman–Crippen LogP) is 2.27. The average molecular weight is 403 g/mol. The Kier molecular flexibility index (Phi) is 6.34. The van der Waals surface area contributed by atoms with Crippen LogP contribution >= 0.6 is 0 Å². The summed E-state index contributed by atoms with van der Waals surface area (Å²) in [6.07, 6.45) is 6.64. The molecule has 8 heteroatoms. The van der Waals surface area contributed by atoms with Crippen molar-refractivity contribution in [2.75, 3.05) is 13.1 Å². The van der Waals surface area contributed by atoms with E-state index in [4.69, 9.17) is 0 Å². The highest BCUT2D eigenvalue weighted by Crippen LogP contribution is 2.06. The highest BCUT2D eigenvalue weighted by Gasteiger charge is 2.06. The first-order valence-electron chi connectivity index (χ1n) is 10.2. The van der Waals surface area contributed by atoms with Crippen LogP contribution in [0, 0.1) is 0 Å². The molecule has 0 aliphatic carbocycles. The summed E-state index contributed by atoms with van der Waals surface area (Å²) in [7, 11) is 0. The quantitative estimate of drug-likeness (QED) is 0.349. The minimum Gasteiger partial charge on any atom is -0.357 e. The largest absolute Gasteiger partial charge is 0.357 e. The van der Waals surface area contributed by atoms with Crippen LogP contribution in [0.4, 0.5) is 0 Å². The van der Waals surface area contributed by atoms with E-state index < -0.39 is 0 Å². The Labute approximate surface area is 175 Å². The van der Waals surface area contributed by atoms with Gasteiger partial charge >= 0.3 is 0 Å². The SMILES string of the molecule is CCNC(=NCc1nnc2ccccn12)NCCc1nccn1Cc1ccccc1. The maximum absolute atomic E-state index is 4.66. The average Bonchev–Trinajstić information content (AvgIpc) is 3.39. The molecule has 3 heterocycles. The summed E-state index contributed by atoms with van der Waals surface area (Å²) in [6.45, 7) is 4.84. The molecule has 4 aromatic rings. The molecule has 0 unspecified atom stereocenters. The van der Waals surface area contributed by atoms with Crippen molar-refractivity contribution in [3.63, 3.8) is 0 Å². The van der Waals surface area contributed by atoms with E-state index in [2.05, 4.69) is 66.6 Å². The monoisotopic (exact) mass is 402 g/mol. The molecule has 1 aromatic carbocycles. The molecule has 4 rings (SSSR count). The van der Waals surface area contributed by atoms with E-state index in [-0.39, 0.29) is 0 Å². The lowest BCUT2D eigenvalue weighted by atomic mass is 10.2. The van der Waals surface area contributed by atoms with Crippen molar-refractivity contribution in [1.82, 2.24) is 34.8 Å². The van der Waals surface area contributed by atoms with Crippen molar-refractivity contribution < 1.29 is 0 Å². The second-order valence-corrected chi connectivity index (χ2v) is 6.87. The molecule has 0 bridgehead atoms. The first-order valence-corrected chi connectivity index (χ1v) is 10.2. The summed E-state index contributed by atoms with van der Waals surface area (Å²) >= 11 is 0. The van der Waals surface area contributed by atoms with Crippen LogP contribution in [-0.4, -0.2) is 43.2 Å². The van der Waals surface area contributed by atoms with Gasteiger partial charge in [0.15, 0.2) is 17.4 Å². The smallest absolute Gasteiger partial charge is 0.191 e. The lowest BCUT2D eigenvalue weighted by molar-refractivity contribution is 0.693. The Morgan fingerprint density at radius 1 is 0.967 bits per heavy atom. The third kappa shape index (κ3) is 4.83. The zero-order chi connectivity index (χ0) is 20.6. The fourth-order valence-corrected chi connectivity index (χ4v) is 3.28. The molecule has 0 radical (unpaired) electrons. The molecule has 0 aliphatic rings.